The standard InChI is InChI=1S/C42H32N4O2S2/c1-48-41(47)30-20-18-29(19-21-30)40-35(31-22-24-38-43-26-36(45(38)27-31)37-23-25-39(49-2)50-37)28-46(44-40)42(32-12-6-3-7-13-32,33-14-8-4-9-15-33)34-16-10-5-11-17-34/h3-28H,1-2H3. The van der Waals surface area contributed by atoms with E-state index in [0.29, 0.717) is 5.56 Å². The third kappa shape index (κ3) is 5.43. The summed E-state index contributed by atoms with van der Waals surface area (Å²) >= 11 is 3.51. The van der Waals surface area contributed by atoms with Crippen LogP contribution in [0.2, 0.25) is 0 Å². The second kappa shape index (κ2) is 13.3. The van der Waals surface area contributed by atoms with Gasteiger partial charge in [0.15, 0.2) is 0 Å². The molecule has 0 aliphatic carbocycles. The van der Waals surface area contributed by atoms with Gasteiger partial charge in [0, 0.05) is 29.1 Å². The summed E-state index contributed by atoms with van der Waals surface area (Å²) in [5.74, 6) is -0.380. The molecule has 0 aliphatic heterocycles. The molecule has 0 unspecified atom stereocenters. The van der Waals surface area contributed by atoms with E-state index in [-0.39, 0.29) is 5.97 Å². The molecule has 0 bridgehead atoms. The number of imidazole rings is 1. The summed E-state index contributed by atoms with van der Waals surface area (Å²) in [4.78, 5) is 18.3. The van der Waals surface area contributed by atoms with Crippen LogP contribution in [0.4, 0.5) is 0 Å². The van der Waals surface area contributed by atoms with Crippen molar-refractivity contribution in [1.82, 2.24) is 19.2 Å². The van der Waals surface area contributed by atoms with Crippen molar-refractivity contribution in [2.75, 3.05) is 13.4 Å². The van der Waals surface area contributed by atoms with Gasteiger partial charge < -0.3 is 4.74 Å². The molecule has 0 amide bonds. The first kappa shape index (κ1) is 31.6. The summed E-state index contributed by atoms with van der Waals surface area (Å²) in [6, 6.07) is 47.5. The van der Waals surface area contributed by atoms with E-state index in [1.165, 1.54) is 11.3 Å². The summed E-state index contributed by atoms with van der Waals surface area (Å²) in [5.41, 5.74) is 8.41. The number of carbonyl (C=O) groups is 1. The number of ether oxygens (including phenoxy) is 1. The Balaban J connectivity index is 1.41. The predicted molar refractivity (Wildman–Crippen MR) is 203 cm³/mol. The number of aromatic nitrogens is 4. The van der Waals surface area contributed by atoms with E-state index in [9.17, 15) is 4.79 Å². The van der Waals surface area contributed by atoms with Crippen molar-refractivity contribution < 1.29 is 9.53 Å². The molecule has 4 aromatic heterocycles. The Hall–Kier alpha value is -5.70. The lowest BCUT2D eigenvalue weighted by Crippen LogP contribution is -2.38. The summed E-state index contributed by atoms with van der Waals surface area (Å²) in [6.45, 7) is 0. The van der Waals surface area contributed by atoms with Crippen molar-refractivity contribution in [1.29, 1.82) is 0 Å². The highest BCUT2D eigenvalue weighted by Gasteiger charge is 2.40. The summed E-state index contributed by atoms with van der Waals surface area (Å²) in [5, 5.41) is 5.49. The van der Waals surface area contributed by atoms with Gasteiger partial charge in [0.05, 0.1) is 33.7 Å². The SMILES string of the molecule is COC(=O)c1ccc(-c2nn(C(c3ccccc3)(c3ccccc3)c3ccccc3)cc2-c2ccc3ncc(-c4ccc(SC)s4)n3c2)cc1. The molecule has 6 nitrogen and oxygen atoms in total. The van der Waals surface area contributed by atoms with E-state index in [4.69, 9.17) is 14.8 Å². The number of thioether (sulfide) groups is 1. The van der Waals surface area contributed by atoms with Crippen LogP contribution < -0.4 is 0 Å². The van der Waals surface area contributed by atoms with E-state index in [1.807, 2.05) is 36.5 Å². The van der Waals surface area contributed by atoms with Gasteiger partial charge in [0.2, 0.25) is 0 Å². The fourth-order valence-corrected chi connectivity index (χ4v) is 8.23. The van der Waals surface area contributed by atoms with Crippen LogP contribution in [-0.4, -0.2) is 38.5 Å². The second-order valence-electron chi connectivity index (χ2n) is 11.8. The summed E-state index contributed by atoms with van der Waals surface area (Å²) in [6.07, 6.45) is 8.35. The fraction of sp³-hybridized carbons (Fsp3) is 0.0714. The van der Waals surface area contributed by atoms with Gasteiger partial charge >= 0.3 is 5.97 Å². The highest BCUT2D eigenvalue weighted by molar-refractivity contribution is 8.00. The second-order valence-corrected chi connectivity index (χ2v) is 14.0. The first-order chi connectivity index (χ1) is 24.6. The molecule has 0 atom stereocenters. The number of thiophene rings is 1. The maximum absolute atomic E-state index is 12.4. The van der Waals surface area contributed by atoms with Gasteiger partial charge in [-0.3, -0.25) is 9.08 Å². The first-order valence-corrected chi connectivity index (χ1v) is 18.2. The zero-order valence-electron chi connectivity index (χ0n) is 27.4. The van der Waals surface area contributed by atoms with Gasteiger partial charge in [0.1, 0.15) is 16.9 Å². The molecule has 8 rings (SSSR count). The number of methoxy groups -OCH3 is 1. The average Bonchev–Trinajstić information content (AvgIpc) is 3.95. The molecule has 0 fully saturated rings. The Bertz CT molecular complexity index is 2320. The van der Waals surface area contributed by atoms with Gasteiger partial charge in [-0.25, -0.2) is 9.78 Å². The molecule has 50 heavy (non-hydrogen) atoms. The summed E-state index contributed by atoms with van der Waals surface area (Å²) in [7, 11) is 1.39. The Morgan fingerprint density at radius 3 is 1.88 bits per heavy atom. The number of hydrogen-bond acceptors (Lipinski definition) is 6. The normalized spacial score (nSPS) is 11.6. The van der Waals surface area contributed by atoms with Crippen molar-refractivity contribution in [3.63, 3.8) is 0 Å². The van der Waals surface area contributed by atoms with Crippen molar-refractivity contribution >= 4 is 34.7 Å². The maximum atomic E-state index is 12.4. The quantitative estimate of drug-likeness (QED) is 0.0859. The van der Waals surface area contributed by atoms with Gasteiger partial charge in [-0.2, -0.15) is 5.10 Å². The smallest absolute Gasteiger partial charge is 0.337 e. The molecule has 8 heteroatoms. The van der Waals surface area contributed by atoms with Crippen LogP contribution in [0.25, 0.3) is 38.6 Å². The lowest BCUT2D eigenvalue weighted by Gasteiger charge is -2.36. The summed E-state index contributed by atoms with van der Waals surface area (Å²) < 4.78 is 10.5. The number of pyridine rings is 1. The Morgan fingerprint density at radius 2 is 1.32 bits per heavy atom. The van der Waals surface area contributed by atoms with Crippen LogP contribution >= 0.6 is 23.1 Å². The van der Waals surface area contributed by atoms with Crippen LogP contribution in [0.3, 0.4) is 0 Å². The van der Waals surface area contributed by atoms with E-state index >= 15 is 0 Å². The lowest BCUT2D eigenvalue weighted by molar-refractivity contribution is 0.0600. The topological polar surface area (TPSA) is 61.4 Å². The number of esters is 1. The molecule has 0 saturated heterocycles. The zero-order chi connectivity index (χ0) is 34.1. The fourth-order valence-electron chi connectivity index (χ4n) is 6.68. The zero-order valence-corrected chi connectivity index (χ0v) is 29.1. The minimum Gasteiger partial charge on any atom is -0.465 e. The third-order valence-electron chi connectivity index (χ3n) is 9.06. The van der Waals surface area contributed by atoms with Gasteiger partial charge in [0.25, 0.3) is 0 Å². The minimum absolute atomic E-state index is 0.380. The molecule has 0 aliphatic rings. The van der Waals surface area contributed by atoms with Crippen molar-refractivity contribution in [3.05, 3.63) is 180 Å². The highest BCUT2D eigenvalue weighted by atomic mass is 32.2. The number of nitrogens with zero attached hydrogens (tertiary/aromatic N) is 4. The van der Waals surface area contributed by atoms with Gasteiger partial charge in [-0.15, -0.1) is 23.1 Å². The van der Waals surface area contributed by atoms with Gasteiger partial charge in [-0.05, 0) is 59.3 Å². The minimum atomic E-state index is -0.807. The van der Waals surface area contributed by atoms with Crippen LogP contribution in [0.5, 0.6) is 0 Å². The Kier molecular flexibility index (Phi) is 8.40. The molecule has 0 spiro atoms. The maximum Gasteiger partial charge on any atom is 0.337 e. The number of rotatable bonds is 9. The number of fused-ring (bicyclic) bond motifs is 1. The molecule has 0 N–H and O–H groups in total. The van der Waals surface area contributed by atoms with Crippen LogP contribution in [0, 0.1) is 0 Å². The molecule has 4 aromatic carbocycles. The number of benzene rings is 4. The van der Waals surface area contributed by atoms with Crippen molar-refractivity contribution in [3.8, 4) is 33.0 Å². The third-order valence-corrected chi connectivity index (χ3v) is 11.3. The van der Waals surface area contributed by atoms with E-state index in [1.54, 1.807) is 35.2 Å². The molecule has 0 saturated carbocycles. The van der Waals surface area contributed by atoms with Crippen LogP contribution in [0.1, 0.15) is 27.0 Å². The lowest BCUT2D eigenvalue weighted by atomic mass is 9.77. The largest absolute Gasteiger partial charge is 0.465 e. The van der Waals surface area contributed by atoms with E-state index in [2.05, 4.69) is 125 Å². The van der Waals surface area contributed by atoms with E-state index < -0.39 is 5.54 Å². The highest BCUT2D eigenvalue weighted by Crippen LogP contribution is 2.43. The molecular weight excluding hydrogens is 657 g/mol. The number of carbonyl (C=O) groups excluding carboxylic acids is 1. The first-order valence-electron chi connectivity index (χ1n) is 16.2. The number of hydrogen-bond donors (Lipinski definition) is 0. The van der Waals surface area contributed by atoms with Crippen molar-refractivity contribution in [2.45, 2.75) is 9.75 Å². The molecule has 244 valence electrons. The molecule has 0 radical (unpaired) electrons. The Morgan fingerprint density at radius 1 is 0.720 bits per heavy atom. The monoisotopic (exact) mass is 688 g/mol. The van der Waals surface area contributed by atoms with E-state index in [0.717, 1.165) is 55.3 Å². The van der Waals surface area contributed by atoms with Crippen LogP contribution in [-0.2, 0) is 10.3 Å². The van der Waals surface area contributed by atoms with Gasteiger partial charge in [-0.1, -0.05) is 103 Å². The molecule has 4 heterocycles. The Labute approximate surface area is 298 Å². The van der Waals surface area contributed by atoms with Crippen molar-refractivity contribution in [2.24, 2.45) is 0 Å². The predicted octanol–water partition coefficient (Wildman–Crippen LogP) is 9.94. The molecule has 8 aromatic rings. The van der Waals surface area contributed by atoms with Crippen LogP contribution in [0.15, 0.2) is 162 Å². The molecular formula is C42H32N4O2S2. The average molecular weight is 689 g/mol.